The average Bonchev–Trinajstić information content (AvgIpc) is 2.86. The van der Waals surface area contributed by atoms with Crippen LogP contribution < -0.4 is 5.73 Å². The Labute approximate surface area is 118 Å². The molecule has 0 unspecified atom stereocenters. The van der Waals surface area contributed by atoms with Crippen LogP contribution in [-0.2, 0) is 11.2 Å². The lowest BCUT2D eigenvalue weighted by molar-refractivity contribution is 0.0182. The predicted molar refractivity (Wildman–Crippen MR) is 69.7 cm³/mol. The molecule has 1 aromatic heterocycles. The molecule has 1 heterocycles. The van der Waals surface area contributed by atoms with Gasteiger partial charge in [-0.3, -0.25) is 0 Å². The fourth-order valence-corrected chi connectivity index (χ4v) is 1.69. The van der Waals surface area contributed by atoms with Crippen molar-refractivity contribution >= 4 is 17.3 Å². The SMILES string of the molecule is Nc1ccc(Cl)cc1-c1nc(CCOCC(F)F)no1. The standard InChI is InChI=1S/C12H12ClF2N3O2/c13-7-1-2-9(16)8(5-7)12-17-11(18-20-12)3-4-19-6-10(14)15/h1-2,5,10H,3-4,6,16H2. The lowest BCUT2D eigenvalue weighted by Gasteiger charge is -2.00. The van der Waals surface area contributed by atoms with Crippen molar-refractivity contribution in [3.63, 3.8) is 0 Å². The second kappa shape index (κ2) is 6.62. The Morgan fingerprint density at radius 1 is 1.40 bits per heavy atom. The fraction of sp³-hybridized carbons (Fsp3) is 0.333. The van der Waals surface area contributed by atoms with Crippen LogP contribution in [0.4, 0.5) is 14.5 Å². The molecule has 0 aliphatic heterocycles. The molecule has 0 saturated heterocycles. The van der Waals surface area contributed by atoms with Crippen LogP contribution in [0, 0.1) is 0 Å². The van der Waals surface area contributed by atoms with E-state index >= 15 is 0 Å². The molecule has 8 heteroatoms. The van der Waals surface area contributed by atoms with Gasteiger partial charge in [-0.1, -0.05) is 16.8 Å². The van der Waals surface area contributed by atoms with Crippen LogP contribution in [0.25, 0.3) is 11.5 Å². The number of benzene rings is 1. The van der Waals surface area contributed by atoms with Crippen LogP contribution in [0.1, 0.15) is 5.82 Å². The quantitative estimate of drug-likeness (QED) is 0.656. The summed E-state index contributed by atoms with van der Waals surface area (Å²) in [6.45, 7) is -0.514. The maximum atomic E-state index is 11.9. The van der Waals surface area contributed by atoms with Crippen LogP contribution in [-0.4, -0.2) is 29.8 Å². The topological polar surface area (TPSA) is 74.2 Å². The van der Waals surface area contributed by atoms with Gasteiger partial charge in [0.15, 0.2) is 5.82 Å². The second-order valence-electron chi connectivity index (χ2n) is 3.96. The summed E-state index contributed by atoms with van der Waals surface area (Å²) in [6.07, 6.45) is -2.21. The van der Waals surface area contributed by atoms with E-state index in [1.165, 1.54) is 0 Å². The number of nitrogens with two attached hydrogens (primary N) is 1. The summed E-state index contributed by atoms with van der Waals surface area (Å²) in [6, 6.07) is 4.89. The van der Waals surface area contributed by atoms with Crippen molar-refractivity contribution in [3.8, 4) is 11.5 Å². The molecule has 0 aliphatic rings. The zero-order chi connectivity index (χ0) is 14.5. The molecule has 108 valence electrons. The molecule has 2 aromatic rings. The van der Waals surface area contributed by atoms with Gasteiger partial charge in [-0.2, -0.15) is 4.98 Å². The highest BCUT2D eigenvalue weighted by Crippen LogP contribution is 2.27. The number of ether oxygens (including phenoxy) is 1. The number of hydrogen-bond acceptors (Lipinski definition) is 5. The lowest BCUT2D eigenvalue weighted by Crippen LogP contribution is -2.07. The summed E-state index contributed by atoms with van der Waals surface area (Å²) >= 11 is 5.87. The molecule has 1 aromatic carbocycles. The highest BCUT2D eigenvalue weighted by Gasteiger charge is 2.12. The molecule has 0 aliphatic carbocycles. The number of alkyl halides is 2. The molecule has 2 N–H and O–H groups in total. The van der Waals surface area contributed by atoms with E-state index < -0.39 is 13.0 Å². The Balaban J connectivity index is 2.00. The normalized spacial score (nSPS) is 11.2. The number of nitrogen functional groups attached to an aromatic ring is 1. The number of nitrogens with zero attached hydrogens (tertiary/aromatic N) is 2. The largest absolute Gasteiger partial charge is 0.398 e. The van der Waals surface area contributed by atoms with E-state index in [1.54, 1.807) is 18.2 Å². The molecular formula is C12H12ClF2N3O2. The zero-order valence-electron chi connectivity index (χ0n) is 10.4. The van der Waals surface area contributed by atoms with Gasteiger partial charge in [-0.05, 0) is 18.2 Å². The second-order valence-corrected chi connectivity index (χ2v) is 4.40. The molecule has 0 spiro atoms. The minimum Gasteiger partial charge on any atom is -0.398 e. The summed E-state index contributed by atoms with van der Waals surface area (Å²) in [4.78, 5) is 4.12. The van der Waals surface area contributed by atoms with Gasteiger partial charge in [0.25, 0.3) is 12.3 Å². The van der Waals surface area contributed by atoms with Gasteiger partial charge in [0.05, 0.1) is 12.2 Å². The van der Waals surface area contributed by atoms with E-state index in [4.69, 9.17) is 26.6 Å². The number of halogens is 3. The highest BCUT2D eigenvalue weighted by molar-refractivity contribution is 6.31. The van der Waals surface area contributed by atoms with Gasteiger partial charge >= 0.3 is 0 Å². The first-order chi connectivity index (χ1) is 9.56. The van der Waals surface area contributed by atoms with E-state index in [0.717, 1.165) is 0 Å². The van der Waals surface area contributed by atoms with Gasteiger partial charge < -0.3 is 15.0 Å². The molecule has 20 heavy (non-hydrogen) atoms. The van der Waals surface area contributed by atoms with Gasteiger partial charge in [0.1, 0.15) is 6.61 Å². The number of anilines is 1. The van der Waals surface area contributed by atoms with Crippen LogP contribution in [0.5, 0.6) is 0 Å². The van der Waals surface area contributed by atoms with Crippen LogP contribution in [0.2, 0.25) is 5.02 Å². The molecule has 0 amide bonds. The zero-order valence-corrected chi connectivity index (χ0v) is 11.1. The first-order valence-electron chi connectivity index (χ1n) is 5.80. The van der Waals surface area contributed by atoms with Gasteiger partial charge in [-0.25, -0.2) is 8.78 Å². The van der Waals surface area contributed by atoms with Crippen molar-refractivity contribution in [3.05, 3.63) is 29.0 Å². The van der Waals surface area contributed by atoms with Crippen LogP contribution in [0.15, 0.2) is 22.7 Å². The van der Waals surface area contributed by atoms with Crippen molar-refractivity contribution < 1.29 is 18.0 Å². The molecule has 0 bridgehead atoms. The van der Waals surface area contributed by atoms with Gasteiger partial charge in [-0.15, -0.1) is 0 Å². The van der Waals surface area contributed by atoms with Crippen molar-refractivity contribution in [2.75, 3.05) is 18.9 Å². The number of rotatable bonds is 6. The van der Waals surface area contributed by atoms with Crippen molar-refractivity contribution in [2.24, 2.45) is 0 Å². The smallest absolute Gasteiger partial charge is 0.261 e. The molecule has 0 radical (unpaired) electrons. The molecule has 0 fully saturated rings. The van der Waals surface area contributed by atoms with Crippen LogP contribution >= 0.6 is 11.6 Å². The van der Waals surface area contributed by atoms with E-state index in [-0.39, 0.29) is 18.9 Å². The van der Waals surface area contributed by atoms with Crippen molar-refractivity contribution in [2.45, 2.75) is 12.8 Å². The Morgan fingerprint density at radius 2 is 2.20 bits per heavy atom. The van der Waals surface area contributed by atoms with E-state index in [9.17, 15) is 8.78 Å². The molecule has 2 rings (SSSR count). The summed E-state index contributed by atoms with van der Waals surface area (Å²) < 4.78 is 33.5. The molecule has 5 nitrogen and oxygen atoms in total. The van der Waals surface area contributed by atoms with E-state index in [0.29, 0.717) is 22.1 Å². The third kappa shape index (κ3) is 3.88. The Hall–Kier alpha value is -1.73. The highest BCUT2D eigenvalue weighted by atomic mass is 35.5. The Kier molecular flexibility index (Phi) is 4.86. The van der Waals surface area contributed by atoms with Crippen LogP contribution in [0.3, 0.4) is 0 Å². The molecule has 0 saturated carbocycles. The lowest BCUT2D eigenvalue weighted by atomic mass is 10.2. The monoisotopic (exact) mass is 303 g/mol. The van der Waals surface area contributed by atoms with Crippen molar-refractivity contribution in [1.82, 2.24) is 10.1 Å². The molecular weight excluding hydrogens is 292 g/mol. The van der Waals surface area contributed by atoms with Gasteiger partial charge in [0.2, 0.25) is 0 Å². The third-order valence-corrected chi connectivity index (χ3v) is 2.66. The maximum absolute atomic E-state index is 11.9. The Bertz CT molecular complexity index is 578. The third-order valence-electron chi connectivity index (χ3n) is 2.43. The first kappa shape index (κ1) is 14.7. The fourth-order valence-electron chi connectivity index (χ4n) is 1.51. The minimum absolute atomic E-state index is 0.0916. The first-order valence-corrected chi connectivity index (χ1v) is 6.18. The average molecular weight is 304 g/mol. The summed E-state index contributed by atoms with van der Waals surface area (Å²) in [5.74, 6) is 0.586. The molecule has 0 atom stereocenters. The minimum atomic E-state index is -2.48. The summed E-state index contributed by atoms with van der Waals surface area (Å²) in [5.41, 5.74) is 6.78. The summed E-state index contributed by atoms with van der Waals surface area (Å²) in [7, 11) is 0. The van der Waals surface area contributed by atoms with E-state index in [2.05, 4.69) is 10.1 Å². The van der Waals surface area contributed by atoms with E-state index in [1.807, 2.05) is 0 Å². The summed E-state index contributed by atoms with van der Waals surface area (Å²) in [5, 5.41) is 4.22. The van der Waals surface area contributed by atoms with Gasteiger partial charge in [0, 0.05) is 17.1 Å². The Morgan fingerprint density at radius 3 is 2.95 bits per heavy atom. The number of aromatic nitrogens is 2. The van der Waals surface area contributed by atoms with Crippen molar-refractivity contribution in [1.29, 1.82) is 0 Å². The number of hydrogen-bond donors (Lipinski definition) is 1. The predicted octanol–water partition coefficient (Wildman–Crippen LogP) is 2.80. The maximum Gasteiger partial charge on any atom is 0.261 e.